The molecular formula is C18H20N2O. The van der Waals surface area contributed by atoms with Gasteiger partial charge in [0, 0.05) is 12.1 Å². The molecule has 1 atom stereocenters. The third-order valence-electron chi connectivity index (χ3n) is 4.04. The van der Waals surface area contributed by atoms with Crippen molar-refractivity contribution in [2.75, 3.05) is 6.54 Å². The van der Waals surface area contributed by atoms with Crippen LogP contribution in [0.5, 0.6) is 0 Å². The number of benzene rings is 2. The van der Waals surface area contributed by atoms with Gasteiger partial charge in [0.05, 0.1) is 6.04 Å². The van der Waals surface area contributed by atoms with E-state index < -0.39 is 0 Å². The summed E-state index contributed by atoms with van der Waals surface area (Å²) in [5.74, 6) is 0.00639. The van der Waals surface area contributed by atoms with Crippen molar-refractivity contribution in [1.29, 1.82) is 0 Å². The second kappa shape index (κ2) is 6.10. The van der Waals surface area contributed by atoms with Crippen molar-refractivity contribution in [2.24, 2.45) is 0 Å². The number of nitrogens with one attached hydrogen (secondary N) is 2. The van der Waals surface area contributed by atoms with Crippen LogP contribution in [0, 0.1) is 0 Å². The van der Waals surface area contributed by atoms with Gasteiger partial charge in [-0.1, -0.05) is 42.5 Å². The highest BCUT2D eigenvalue weighted by Gasteiger charge is 2.18. The number of rotatable bonds is 3. The number of fused-ring (bicyclic) bond motifs is 1. The van der Waals surface area contributed by atoms with Gasteiger partial charge in [-0.2, -0.15) is 0 Å². The third-order valence-corrected chi connectivity index (χ3v) is 4.04. The molecule has 3 rings (SSSR count). The van der Waals surface area contributed by atoms with Crippen LogP contribution in [0.25, 0.3) is 0 Å². The maximum absolute atomic E-state index is 12.6. The highest BCUT2D eigenvalue weighted by atomic mass is 16.1. The van der Waals surface area contributed by atoms with E-state index in [2.05, 4.69) is 16.7 Å². The van der Waals surface area contributed by atoms with E-state index in [9.17, 15) is 4.79 Å². The van der Waals surface area contributed by atoms with Gasteiger partial charge in [0.1, 0.15) is 0 Å². The SMILES string of the molecule is CC(NC(=O)c1cccc2c1CNCC2)c1ccccc1. The Hall–Kier alpha value is -2.13. The molecule has 0 saturated carbocycles. The monoisotopic (exact) mass is 280 g/mol. The van der Waals surface area contributed by atoms with Crippen LogP contribution in [0.15, 0.2) is 48.5 Å². The first-order valence-corrected chi connectivity index (χ1v) is 7.43. The lowest BCUT2D eigenvalue weighted by atomic mass is 9.95. The van der Waals surface area contributed by atoms with Crippen LogP contribution in [0.2, 0.25) is 0 Å². The summed E-state index contributed by atoms with van der Waals surface area (Å²) < 4.78 is 0. The number of hydrogen-bond acceptors (Lipinski definition) is 2. The van der Waals surface area contributed by atoms with E-state index in [1.165, 1.54) is 5.56 Å². The molecule has 1 heterocycles. The molecule has 0 radical (unpaired) electrons. The fourth-order valence-electron chi connectivity index (χ4n) is 2.83. The van der Waals surface area contributed by atoms with Gasteiger partial charge in [-0.25, -0.2) is 0 Å². The molecule has 1 aliphatic rings. The molecule has 0 fully saturated rings. The molecule has 0 spiro atoms. The van der Waals surface area contributed by atoms with Gasteiger partial charge in [0.2, 0.25) is 0 Å². The number of amides is 1. The number of carbonyl (C=O) groups excluding carboxylic acids is 1. The van der Waals surface area contributed by atoms with Gasteiger partial charge in [0.15, 0.2) is 0 Å². The topological polar surface area (TPSA) is 41.1 Å². The predicted octanol–water partition coefficient (Wildman–Crippen LogP) is 2.82. The van der Waals surface area contributed by atoms with Crippen molar-refractivity contribution < 1.29 is 4.79 Å². The second-order valence-corrected chi connectivity index (χ2v) is 5.48. The van der Waals surface area contributed by atoms with Crippen LogP contribution in [0.3, 0.4) is 0 Å². The Balaban J connectivity index is 1.80. The maximum Gasteiger partial charge on any atom is 0.252 e. The molecule has 0 saturated heterocycles. The summed E-state index contributed by atoms with van der Waals surface area (Å²) in [6.07, 6.45) is 0.991. The summed E-state index contributed by atoms with van der Waals surface area (Å²) >= 11 is 0. The molecule has 2 N–H and O–H groups in total. The normalized spacial score (nSPS) is 15.1. The molecule has 21 heavy (non-hydrogen) atoms. The molecule has 0 bridgehead atoms. The summed E-state index contributed by atoms with van der Waals surface area (Å²) in [4.78, 5) is 12.6. The predicted molar refractivity (Wildman–Crippen MR) is 84.2 cm³/mol. The average molecular weight is 280 g/mol. The Morgan fingerprint density at radius 2 is 1.95 bits per heavy atom. The molecule has 1 unspecified atom stereocenters. The Labute approximate surface area is 125 Å². The largest absolute Gasteiger partial charge is 0.346 e. The molecule has 108 valence electrons. The zero-order valence-electron chi connectivity index (χ0n) is 12.2. The summed E-state index contributed by atoms with van der Waals surface area (Å²) in [6.45, 7) is 3.78. The first kappa shape index (κ1) is 13.8. The minimum atomic E-state index is 0.00565. The van der Waals surface area contributed by atoms with Crippen LogP contribution in [0.1, 0.15) is 40.0 Å². The van der Waals surface area contributed by atoms with Crippen LogP contribution in [0.4, 0.5) is 0 Å². The van der Waals surface area contributed by atoms with Gasteiger partial charge >= 0.3 is 0 Å². The zero-order valence-corrected chi connectivity index (χ0v) is 12.2. The number of carbonyl (C=O) groups is 1. The van der Waals surface area contributed by atoms with Crippen LogP contribution in [-0.4, -0.2) is 12.5 Å². The van der Waals surface area contributed by atoms with E-state index in [1.807, 2.05) is 49.4 Å². The summed E-state index contributed by atoms with van der Waals surface area (Å²) in [6, 6.07) is 16.1. The van der Waals surface area contributed by atoms with Crippen molar-refractivity contribution in [3.8, 4) is 0 Å². The second-order valence-electron chi connectivity index (χ2n) is 5.48. The molecule has 0 aliphatic carbocycles. The molecule has 2 aromatic rings. The van der Waals surface area contributed by atoms with Crippen LogP contribution < -0.4 is 10.6 Å². The summed E-state index contributed by atoms with van der Waals surface area (Å²) in [5.41, 5.74) is 4.34. The van der Waals surface area contributed by atoms with E-state index in [0.717, 1.165) is 36.2 Å². The van der Waals surface area contributed by atoms with Crippen molar-refractivity contribution in [3.05, 3.63) is 70.8 Å². The molecule has 0 aromatic heterocycles. The standard InChI is InChI=1S/C18H20N2O/c1-13(14-6-3-2-4-7-14)20-18(21)16-9-5-8-15-10-11-19-12-17(15)16/h2-9,13,19H,10-12H2,1H3,(H,20,21). The Bertz CT molecular complexity index is 637. The Morgan fingerprint density at radius 1 is 1.14 bits per heavy atom. The molecule has 3 nitrogen and oxygen atoms in total. The van der Waals surface area contributed by atoms with Crippen molar-refractivity contribution in [1.82, 2.24) is 10.6 Å². The van der Waals surface area contributed by atoms with E-state index in [-0.39, 0.29) is 11.9 Å². The summed E-state index contributed by atoms with van der Waals surface area (Å²) in [7, 11) is 0. The zero-order chi connectivity index (χ0) is 14.7. The van der Waals surface area contributed by atoms with E-state index in [1.54, 1.807) is 0 Å². The first-order chi connectivity index (χ1) is 10.3. The van der Waals surface area contributed by atoms with Crippen LogP contribution in [-0.2, 0) is 13.0 Å². The number of hydrogen-bond donors (Lipinski definition) is 2. The highest BCUT2D eigenvalue weighted by molar-refractivity contribution is 5.96. The van der Waals surface area contributed by atoms with Crippen molar-refractivity contribution in [3.63, 3.8) is 0 Å². The molecule has 1 amide bonds. The lowest BCUT2D eigenvalue weighted by Gasteiger charge is -2.21. The van der Waals surface area contributed by atoms with E-state index >= 15 is 0 Å². The quantitative estimate of drug-likeness (QED) is 0.907. The first-order valence-electron chi connectivity index (χ1n) is 7.43. The van der Waals surface area contributed by atoms with E-state index in [0.29, 0.717) is 0 Å². The van der Waals surface area contributed by atoms with Crippen molar-refractivity contribution in [2.45, 2.75) is 25.9 Å². The lowest BCUT2D eigenvalue weighted by molar-refractivity contribution is 0.0938. The van der Waals surface area contributed by atoms with Crippen LogP contribution >= 0.6 is 0 Å². The molecule has 3 heteroatoms. The van der Waals surface area contributed by atoms with Gasteiger partial charge in [-0.05, 0) is 42.6 Å². The lowest BCUT2D eigenvalue weighted by Crippen LogP contribution is -2.31. The third kappa shape index (κ3) is 2.98. The van der Waals surface area contributed by atoms with Gasteiger partial charge in [0.25, 0.3) is 5.91 Å². The Morgan fingerprint density at radius 3 is 2.76 bits per heavy atom. The minimum absolute atomic E-state index is 0.00565. The van der Waals surface area contributed by atoms with Gasteiger partial charge < -0.3 is 10.6 Å². The smallest absolute Gasteiger partial charge is 0.252 e. The van der Waals surface area contributed by atoms with Gasteiger partial charge in [-0.3, -0.25) is 4.79 Å². The van der Waals surface area contributed by atoms with E-state index in [4.69, 9.17) is 0 Å². The molecule has 2 aromatic carbocycles. The fourth-order valence-corrected chi connectivity index (χ4v) is 2.83. The fraction of sp³-hybridized carbons (Fsp3) is 0.278. The molecule has 1 aliphatic heterocycles. The summed E-state index contributed by atoms with van der Waals surface area (Å²) in [5, 5.41) is 6.44. The molecular weight excluding hydrogens is 260 g/mol. The average Bonchev–Trinajstić information content (AvgIpc) is 2.55. The maximum atomic E-state index is 12.6. The minimum Gasteiger partial charge on any atom is -0.346 e. The van der Waals surface area contributed by atoms with Crippen molar-refractivity contribution >= 4 is 5.91 Å². The van der Waals surface area contributed by atoms with Gasteiger partial charge in [-0.15, -0.1) is 0 Å². The Kier molecular flexibility index (Phi) is 4.02. The highest BCUT2D eigenvalue weighted by Crippen LogP contribution is 2.20.